The van der Waals surface area contributed by atoms with Crippen LogP contribution in [-0.4, -0.2) is 31.1 Å². The summed E-state index contributed by atoms with van der Waals surface area (Å²) in [5.74, 6) is 0.753. The number of para-hydroxylation sites is 1. The van der Waals surface area contributed by atoms with Crippen LogP contribution >= 0.6 is 0 Å². The summed E-state index contributed by atoms with van der Waals surface area (Å²) in [5.41, 5.74) is 0.926. The van der Waals surface area contributed by atoms with E-state index in [1.807, 2.05) is 37.3 Å². The number of carbonyl (C=O) groups excluding carboxylic acids is 1. The first kappa shape index (κ1) is 14.8. The van der Waals surface area contributed by atoms with E-state index in [-0.39, 0.29) is 6.03 Å². The van der Waals surface area contributed by atoms with Crippen LogP contribution in [0.15, 0.2) is 24.3 Å². The van der Waals surface area contributed by atoms with Crippen molar-refractivity contribution in [3.8, 4) is 11.8 Å². The molecule has 0 saturated heterocycles. The zero-order valence-electron chi connectivity index (χ0n) is 11.3. The van der Waals surface area contributed by atoms with E-state index in [9.17, 15) is 4.79 Å². The maximum absolute atomic E-state index is 11.9. The van der Waals surface area contributed by atoms with Gasteiger partial charge in [-0.3, -0.25) is 0 Å². The zero-order chi connectivity index (χ0) is 14.1. The summed E-state index contributed by atoms with van der Waals surface area (Å²) >= 11 is 0. The quantitative estimate of drug-likeness (QED) is 0.853. The monoisotopic (exact) mass is 261 g/mol. The molecule has 1 aromatic carbocycles. The molecule has 0 aliphatic carbocycles. The van der Waals surface area contributed by atoms with Gasteiger partial charge in [-0.1, -0.05) is 18.2 Å². The lowest BCUT2D eigenvalue weighted by atomic mass is 10.2. The highest BCUT2D eigenvalue weighted by Gasteiger charge is 2.11. The van der Waals surface area contributed by atoms with Crippen LogP contribution in [-0.2, 0) is 6.54 Å². The van der Waals surface area contributed by atoms with Crippen molar-refractivity contribution in [1.29, 1.82) is 5.26 Å². The summed E-state index contributed by atoms with van der Waals surface area (Å²) in [4.78, 5) is 13.5. The van der Waals surface area contributed by atoms with Gasteiger partial charge in [-0.15, -0.1) is 0 Å². The molecule has 1 N–H and O–H groups in total. The van der Waals surface area contributed by atoms with Crippen molar-refractivity contribution in [2.24, 2.45) is 0 Å². The van der Waals surface area contributed by atoms with Crippen molar-refractivity contribution >= 4 is 6.03 Å². The third-order valence-electron chi connectivity index (χ3n) is 2.79. The van der Waals surface area contributed by atoms with E-state index in [1.54, 1.807) is 12.0 Å². The Morgan fingerprint density at radius 1 is 1.47 bits per heavy atom. The number of nitriles is 1. The van der Waals surface area contributed by atoms with E-state index in [4.69, 9.17) is 10.00 Å². The van der Waals surface area contributed by atoms with Crippen LogP contribution in [0.2, 0.25) is 0 Å². The van der Waals surface area contributed by atoms with Gasteiger partial charge < -0.3 is 15.0 Å². The van der Waals surface area contributed by atoms with Crippen LogP contribution < -0.4 is 10.1 Å². The Morgan fingerprint density at radius 2 is 2.21 bits per heavy atom. The Labute approximate surface area is 113 Å². The van der Waals surface area contributed by atoms with Gasteiger partial charge in [0.05, 0.1) is 19.6 Å². The van der Waals surface area contributed by atoms with Crippen LogP contribution in [0.4, 0.5) is 4.79 Å². The molecule has 5 nitrogen and oxygen atoms in total. The van der Waals surface area contributed by atoms with Crippen molar-refractivity contribution in [2.45, 2.75) is 19.9 Å². The van der Waals surface area contributed by atoms with Gasteiger partial charge in [0.15, 0.2) is 0 Å². The minimum Gasteiger partial charge on any atom is -0.496 e. The van der Waals surface area contributed by atoms with E-state index in [1.165, 1.54) is 0 Å². The summed E-state index contributed by atoms with van der Waals surface area (Å²) < 4.78 is 5.22. The molecular formula is C14H19N3O2. The molecule has 102 valence electrons. The van der Waals surface area contributed by atoms with Gasteiger partial charge in [-0.2, -0.15) is 5.26 Å². The Hall–Kier alpha value is -2.22. The summed E-state index contributed by atoms with van der Waals surface area (Å²) in [6.07, 6.45) is 0.343. The highest BCUT2D eigenvalue weighted by atomic mass is 16.5. The molecule has 1 rings (SSSR count). The maximum atomic E-state index is 11.9. The second kappa shape index (κ2) is 7.98. The smallest absolute Gasteiger partial charge is 0.317 e. The summed E-state index contributed by atoms with van der Waals surface area (Å²) in [6, 6.07) is 9.42. The first-order valence-electron chi connectivity index (χ1n) is 6.24. The van der Waals surface area contributed by atoms with Gasteiger partial charge in [-0.05, 0) is 13.0 Å². The van der Waals surface area contributed by atoms with Gasteiger partial charge in [0, 0.05) is 25.2 Å². The first-order valence-corrected chi connectivity index (χ1v) is 6.24. The van der Waals surface area contributed by atoms with E-state index in [0.29, 0.717) is 26.1 Å². The van der Waals surface area contributed by atoms with E-state index < -0.39 is 0 Å². The van der Waals surface area contributed by atoms with E-state index in [2.05, 4.69) is 5.32 Å². The molecule has 0 atom stereocenters. The number of benzene rings is 1. The number of hydrogen-bond acceptors (Lipinski definition) is 3. The Bertz CT molecular complexity index is 454. The first-order chi connectivity index (χ1) is 9.22. The summed E-state index contributed by atoms with van der Waals surface area (Å²) in [5, 5.41) is 11.4. The molecule has 0 unspecified atom stereocenters. The van der Waals surface area contributed by atoms with Crippen LogP contribution in [0.1, 0.15) is 18.9 Å². The molecule has 5 heteroatoms. The Morgan fingerprint density at radius 3 is 2.84 bits per heavy atom. The van der Waals surface area contributed by atoms with Gasteiger partial charge in [0.1, 0.15) is 5.75 Å². The third kappa shape index (κ3) is 4.51. The lowest BCUT2D eigenvalue weighted by Crippen LogP contribution is -2.40. The third-order valence-corrected chi connectivity index (χ3v) is 2.79. The average Bonchev–Trinajstić information content (AvgIpc) is 2.46. The fourth-order valence-corrected chi connectivity index (χ4v) is 1.72. The molecule has 0 heterocycles. The number of urea groups is 1. The topological polar surface area (TPSA) is 65.4 Å². The van der Waals surface area contributed by atoms with Crippen LogP contribution in [0.5, 0.6) is 5.75 Å². The molecule has 0 aliphatic heterocycles. The number of methoxy groups -OCH3 is 1. The molecule has 0 aromatic heterocycles. The largest absolute Gasteiger partial charge is 0.496 e. The molecule has 0 spiro atoms. The van der Waals surface area contributed by atoms with Crippen molar-refractivity contribution in [3.63, 3.8) is 0 Å². The van der Waals surface area contributed by atoms with Crippen molar-refractivity contribution in [3.05, 3.63) is 29.8 Å². The molecule has 0 radical (unpaired) electrons. The highest BCUT2D eigenvalue weighted by Crippen LogP contribution is 2.16. The molecule has 0 aliphatic rings. The van der Waals surface area contributed by atoms with Gasteiger partial charge >= 0.3 is 6.03 Å². The molecule has 19 heavy (non-hydrogen) atoms. The summed E-state index contributed by atoms with van der Waals surface area (Å²) in [6.45, 7) is 3.33. The molecule has 1 aromatic rings. The predicted molar refractivity (Wildman–Crippen MR) is 72.7 cm³/mol. The van der Waals surface area contributed by atoms with Gasteiger partial charge in [-0.25, -0.2) is 4.79 Å². The van der Waals surface area contributed by atoms with Crippen LogP contribution in [0.25, 0.3) is 0 Å². The molecular weight excluding hydrogens is 242 g/mol. The SMILES string of the molecule is CCN(CCC#N)C(=O)NCc1ccccc1OC. The Kier molecular flexibility index (Phi) is 6.23. The summed E-state index contributed by atoms with van der Waals surface area (Å²) in [7, 11) is 1.60. The minimum absolute atomic E-state index is 0.163. The van der Waals surface area contributed by atoms with Gasteiger partial charge in [0.2, 0.25) is 0 Å². The number of nitrogens with zero attached hydrogens (tertiary/aromatic N) is 2. The number of nitrogens with one attached hydrogen (secondary N) is 1. The van der Waals surface area contributed by atoms with Crippen molar-refractivity contribution < 1.29 is 9.53 Å². The average molecular weight is 261 g/mol. The Balaban J connectivity index is 2.55. The minimum atomic E-state index is -0.163. The fourth-order valence-electron chi connectivity index (χ4n) is 1.72. The lowest BCUT2D eigenvalue weighted by molar-refractivity contribution is 0.201. The van der Waals surface area contributed by atoms with Crippen LogP contribution in [0.3, 0.4) is 0 Å². The van der Waals surface area contributed by atoms with E-state index >= 15 is 0 Å². The van der Waals surface area contributed by atoms with Crippen molar-refractivity contribution in [2.75, 3.05) is 20.2 Å². The van der Waals surface area contributed by atoms with Crippen molar-refractivity contribution in [1.82, 2.24) is 10.2 Å². The van der Waals surface area contributed by atoms with Crippen LogP contribution in [0, 0.1) is 11.3 Å². The second-order valence-electron chi connectivity index (χ2n) is 3.96. The molecule has 0 bridgehead atoms. The molecule has 0 saturated carbocycles. The number of ether oxygens (including phenoxy) is 1. The second-order valence-corrected chi connectivity index (χ2v) is 3.96. The molecule has 2 amide bonds. The number of carbonyl (C=O) groups is 1. The standard InChI is InChI=1S/C14H19N3O2/c1-3-17(10-6-9-15)14(18)16-11-12-7-4-5-8-13(12)19-2/h4-5,7-8H,3,6,10-11H2,1-2H3,(H,16,18). The fraction of sp³-hybridized carbons (Fsp3) is 0.429. The van der Waals surface area contributed by atoms with Gasteiger partial charge in [0.25, 0.3) is 0 Å². The van der Waals surface area contributed by atoms with E-state index in [0.717, 1.165) is 11.3 Å². The number of rotatable bonds is 6. The maximum Gasteiger partial charge on any atom is 0.317 e. The highest BCUT2D eigenvalue weighted by molar-refractivity contribution is 5.74. The predicted octanol–water partition coefficient (Wildman–Crippen LogP) is 2.14. The molecule has 0 fully saturated rings. The normalized spacial score (nSPS) is 9.53. The zero-order valence-corrected chi connectivity index (χ0v) is 11.3. The number of hydrogen-bond donors (Lipinski definition) is 1. The number of amides is 2. The lowest BCUT2D eigenvalue weighted by Gasteiger charge is -2.20.